The highest BCUT2D eigenvalue weighted by Crippen LogP contribution is 2.22. The van der Waals surface area contributed by atoms with Crippen molar-refractivity contribution in [2.24, 2.45) is 17.4 Å². The Balaban J connectivity index is 2.24. The highest BCUT2D eigenvalue weighted by Gasteiger charge is 2.17. The van der Waals surface area contributed by atoms with E-state index in [4.69, 9.17) is 11.5 Å². The van der Waals surface area contributed by atoms with E-state index in [9.17, 15) is 18.0 Å². The molecule has 11 heteroatoms. The predicted molar refractivity (Wildman–Crippen MR) is 109 cm³/mol. The molecule has 10 nitrogen and oxygen atoms in total. The third kappa shape index (κ3) is 6.14. The van der Waals surface area contributed by atoms with E-state index in [1.165, 1.54) is 18.3 Å². The molecule has 2 rings (SSSR count). The second-order valence-corrected chi connectivity index (χ2v) is 8.84. The van der Waals surface area contributed by atoms with Gasteiger partial charge in [-0.25, -0.2) is 13.4 Å². The molecule has 1 aromatic heterocycles. The second kappa shape index (κ2) is 8.86. The lowest BCUT2D eigenvalue weighted by Crippen LogP contribution is -2.28. The molecule has 29 heavy (non-hydrogen) atoms. The Morgan fingerprint density at radius 3 is 2.28 bits per heavy atom. The van der Waals surface area contributed by atoms with Crippen molar-refractivity contribution in [1.82, 2.24) is 9.97 Å². The van der Waals surface area contributed by atoms with Crippen LogP contribution >= 0.6 is 0 Å². The molecule has 0 saturated carbocycles. The normalized spacial score (nSPS) is 13.3. The number of nitrogens with zero attached hydrogens (tertiary/aromatic N) is 2. The topological polar surface area (TPSA) is 170 Å². The van der Waals surface area contributed by atoms with E-state index in [2.05, 4.69) is 20.6 Å². The van der Waals surface area contributed by atoms with Crippen LogP contribution in [0.4, 0.5) is 17.5 Å². The van der Waals surface area contributed by atoms with Gasteiger partial charge in [0, 0.05) is 30.1 Å². The number of nitrogens with two attached hydrogens (primary N) is 2. The summed E-state index contributed by atoms with van der Waals surface area (Å²) in [6.45, 7) is 3.58. The highest BCUT2D eigenvalue weighted by molar-refractivity contribution is 7.90. The van der Waals surface area contributed by atoms with Crippen LogP contribution in [0.1, 0.15) is 30.6 Å². The summed E-state index contributed by atoms with van der Waals surface area (Å²) in [5.74, 6) is -1.05. The molecular formula is C18H24N6O4S. The zero-order chi connectivity index (χ0) is 21.8. The number of aromatic nitrogens is 2. The summed E-state index contributed by atoms with van der Waals surface area (Å²) in [7, 11) is -3.32. The first kappa shape index (κ1) is 22.1. The molecule has 2 atom stereocenters. The molecule has 0 aliphatic heterocycles. The number of carbonyl (C=O) groups is 2. The largest absolute Gasteiger partial charge is 0.369 e. The lowest BCUT2D eigenvalue weighted by Gasteiger charge is -2.17. The van der Waals surface area contributed by atoms with Gasteiger partial charge in [0.1, 0.15) is 11.4 Å². The summed E-state index contributed by atoms with van der Waals surface area (Å²) in [6, 6.07) is 5.82. The minimum Gasteiger partial charge on any atom is -0.369 e. The number of hydrogen-bond donors (Lipinski definition) is 4. The maximum Gasteiger partial charge on any atom is 0.254 e. The van der Waals surface area contributed by atoms with E-state index < -0.39 is 21.7 Å². The molecule has 0 bridgehead atoms. The molecule has 6 N–H and O–H groups in total. The van der Waals surface area contributed by atoms with Crippen molar-refractivity contribution in [3.05, 3.63) is 36.0 Å². The Morgan fingerprint density at radius 1 is 1.14 bits per heavy atom. The fourth-order valence-corrected chi connectivity index (χ4v) is 3.21. The molecule has 1 heterocycles. The SMILES string of the molecule is CC(CC(C)C(N)=O)Nc1ncc(C(N)=O)c(Nc2ccc(S(C)(=O)=O)cc2)n1. The lowest BCUT2D eigenvalue weighted by atomic mass is 10.0. The van der Waals surface area contributed by atoms with Crippen molar-refractivity contribution in [3.63, 3.8) is 0 Å². The van der Waals surface area contributed by atoms with E-state index in [-0.39, 0.29) is 34.2 Å². The minimum absolute atomic E-state index is 0.0703. The summed E-state index contributed by atoms with van der Waals surface area (Å²) in [4.78, 5) is 31.5. The molecule has 0 spiro atoms. The average Bonchev–Trinajstić information content (AvgIpc) is 2.61. The van der Waals surface area contributed by atoms with Gasteiger partial charge in [-0.1, -0.05) is 6.92 Å². The van der Waals surface area contributed by atoms with Gasteiger partial charge in [0.15, 0.2) is 9.84 Å². The van der Waals surface area contributed by atoms with E-state index in [0.29, 0.717) is 12.1 Å². The number of amides is 2. The monoisotopic (exact) mass is 420 g/mol. The van der Waals surface area contributed by atoms with Crippen LogP contribution in [0.15, 0.2) is 35.4 Å². The summed E-state index contributed by atoms with van der Waals surface area (Å²) < 4.78 is 23.1. The molecule has 1 aromatic carbocycles. The van der Waals surface area contributed by atoms with Crippen LogP contribution in [0.25, 0.3) is 0 Å². The molecule has 2 unspecified atom stereocenters. The Hall–Kier alpha value is -3.21. The van der Waals surface area contributed by atoms with Crippen LogP contribution in [-0.2, 0) is 14.6 Å². The first-order valence-electron chi connectivity index (χ1n) is 8.77. The van der Waals surface area contributed by atoms with Crippen LogP contribution in [-0.4, -0.2) is 42.5 Å². The Labute approximate surface area is 169 Å². The van der Waals surface area contributed by atoms with Crippen LogP contribution < -0.4 is 22.1 Å². The van der Waals surface area contributed by atoms with Gasteiger partial charge in [-0.2, -0.15) is 4.98 Å². The second-order valence-electron chi connectivity index (χ2n) is 6.83. The van der Waals surface area contributed by atoms with Crippen LogP contribution in [0.3, 0.4) is 0 Å². The molecule has 0 radical (unpaired) electrons. The molecule has 0 fully saturated rings. The molecule has 0 aliphatic carbocycles. The minimum atomic E-state index is -3.32. The number of nitrogens with one attached hydrogen (secondary N) is 2. The van der Waals surface area contributed by atoms with Gasteiger partial charge in [0.05, 0.1) is 4.90 Å². The van der Waals surface area contributed by atoms with Crippen LogP contribution in [0.5, 0.6) is 0 Å². The van der Waals surface area contributed by atoms with Gasteiger partial charge in [-0.15, -0.1) is 0 Å². The van der Waals surface area contributed by atoms with E-state index in [0.717, 1.165) is 6.26 Å². The number of hydrogen-bond acceptors (Lipinski definition) is 8. The quantitative estimate of drug-likeness (QED) is 0.466. The smallest absolute Gasteiger partial charge is 0.254 e. The fraction of sp³-hybridized carbons (Fsp3) is 0.333. The summed E-state index contributed by atoms with van der Waals surface area (Å²) in [6.07, 6.45) is 2.88. The van der Waals surface area contributed by atoms with Gasteiger partial charge in [0.2, 0.25) is 11.9 Å². The third-order valence-electron chi connectivity index (χ3n) is 4.17. The highest BCUT2D eigenvalue weighted by atomic mass is 32.2. The zero-order valence-electron chi connectivity index (χ0n) is 16.3. The first-order valence-corrected chi connectivity index (χ1v) is 10.7. The zero-order valence-corrected chi connectivity index (χ0v) is 17.2. The Bertz CT molecular complexity index is 1010. The number of benzene rings is 1. The van der Waals surface area contributed by atoms with E-state index >= 15 is 0 Å². The molecule has 156 valence electrons. The number of primary amides is 2. The Morgan fingerprint density at radius 2 is 1.76 bits per heavy atom. The van der Waals surface area contributed by atoms with Gasteiger partial charge < -0.3 is 22.1 Å². The van der Waals surface area contributed by atoms with Gasteiger partial charge in [-0.3, -0.25) is 9.59 Å². The van der Waals surface area contributed by atoms with E-state index in [1.54, 1.807) is 19.1 Å². The standard InChI is InChI=1S/C18H24N6O4S/c1-10(15(19)25)8-11(2)22-18-21-9-14(16(20)26)17(24-18)23-12-4-6-13(7-5-12)29(3,27)28/h4-7,9-11H,8H2,1-3H3,(H2,19,25)(H2,20,26)(H2,21,22,23,24). The molecule has 2 aromatic rings. The summed E-state index contributed by atoms with van der Waals surface area (Å²) >= 11 is 0. The molecule has 2 amide bonds. The maximum atomic E-state index is 11.7. The average molecular weight is 420 g/mol. The van der Waals surface area contributed by atoms with E-state index in [1.807, 2.05) is 6.92 Å². The molecule has 0 aliphatic rings. The number of anilines is 3. The van der Waals surface area contributed by atoms with Crippen molar-refractivity contribution in [1.29, 1.82) is 0 Å². The van der Waals surface area contributed by atoms with Gasteiger partial charge >= 0.3 is 0 Å². The van der Waals surface area contributed by atoms with Gasteiger partial charge in [0.25, 0.3) is 5.91 Å². The number of carbonyl (C=O) groups excluding carboxylic acids is 2. The lowest BCUT2D eigenvalue weighted by molar-refractivity contribution is -0.121. The first-order chi connectivity index (χ1) is 13.5. The fourth-order valence-electron chi connectivity index (χ4n) is 2.57. The number of sulfone groups is 1. The third-order valence-corrected chi connectivity index (χ3v) is 5.30. The van der Waals surface area contributed by atoms with Crippen molar-refractivity contribution in [3.8, 4) is 0 Å². The van der Waals surface area contributed by atoms with Crippen molar-refractivity contribution in [2.75, 3.05) is 16.9 Å². The molecule has 0 saturated heterocycles. The maximum absolute atomic E-state index is 11.7. The van der Waals surface area contributed by atoms with Crippen LogP contribution in [0, 0.1) is 5.92 Å². The summed E-state index contributed by atoms with van der Waals surface area (Å²) in [5.41, 5.74) is 11.3. The summed E-state index contributed by atoms with van der Waals surface area (Å²) in [5, 5.41) is 5.99. The van der Waals surface area contributed by atoms with Gasteiger partial charge in [-0.05, 0) is 37.6 Å². The van der Waals surface area contributed by atoms with Crippen LogP contribution in [0.2, 0.25) is 0 Å². The van der Waals surface area contributed by atoms with Crippen molar-refractivity contribution in [2.45, 2.75) is 31.2 Å². The number of rotatable bonds is 9. The molecular weight excluding hydrogens is 396 g/mol. The predicted octanol–water partition coefficient (Wildman–Crippen LogP) is 1.03. The van der Waals surface area contributed by atoms with Crippen molar-refractivity contribution >= 4 is 39.1 Å². The Kier molecular flexibility index (Phi) is 6.75. The van der Waals surface area contributed by atoms with Crippen molar-refractivity contribution < 1.29 is 18.0 Å².